The van der Waals surface area contributed by atoms with Gasteiger partial charge in [-0.1, -0.05) is 45.9 Å². The molecule has 0 bridgehead atoms. The van der Waals surface area contributed by atoms with Crippen LogP contribution < -0.4 is 38.1 Å². The van der Waals surface area contributed by atoms with E-state index in [1.807, 2.05) is 50.2 Å². The third kappa shape index (κ3) is 12.7. The van der Waals surface area contributed by atoms with Crippen molar-refractivity contribution in [1.82, 2.24) is 25.8 Å². The van der Waals surface area contributed by atoms with Crippen LogP contribution in [-0.4, -0.2) is 77.1 Å². The van der Waals surface area contributed by atoms with E-state index in [2.05, 4.69) is 49.1 Å². The zero-order chi connectivity index (χ0) is 39.5. The standard InChI is InChI=1S/C38H57N9O6/c1-9-47-29-15-11-10-13-25(29)26-20-24(16-17-30(26)47)43-34(50)27(14-12-18-41-36(39)40)44-31(48)21-42-33(49)28(19-22(2)3)45-35(51)32(23(4)5)46-37(52)53-38(6,7)8/h10-11,13,15-17,20,22-23,27-28,32H,9,12,14,18-19,21H2,1-8H3,(H,42,49)(H,43,50)(H,44,48)(H,45,51)(H,46,52)(H4,39,40,41)/t27-,28-,32-/m0/s1. The van der Waals surface area contributed by atoms with Gasteiger partial charge in [0.1, 0.15) is 23.7 Å². The number of carbonyl (C=O) groups is 5. The first-order chi connectivity index (χ1) is 24.9. The van der Waals surface area contributed by atoms with Crippen molar-refractivity contribution in [3.63, 3.8) is 0 Å². The number of benzene rings is 2. The summed E-state index contributed by atoms with van der Waals surface area (Å²) in [6.45, 7) is 15.1. The average Bonchev–Trinajstić information content (AvgIpc) is 3.38. The van der Waals surface area contributed by atoms with E-state index in [4.69, 9.17) is 16.2 Å². The van der Waals surface area contributed by atoms with E-state index in [9.17, 15) is 24.0 Å². The Kier molecular flexibility index (Phi) is 15.0. The molecule has 0 fully saturated rings. The summed E-state index contributed by atoms with van der Waals surface area (Å²) < 4.78 is 7.52. The van der Waals surface area contributed by atoms with Crippen LogP contribution in [-0.2, 0) is 30.5 Å². The molecule has 15 heteroatoms. The van der Waals surface area contributed by atoms with E-state index in [1.165, 1.54) is 0 Å². The van der Waals surface area contributed by atoms with Crippen LogP contribution in [0, 0.1) is 11.8 Å². The summed E-state index contributed by atoms with van der Waals surface area (Å²) in [5.41, 5.74) is 12.8. The molecule has 3 aromatic rings. The first kappa shape index (κ1) is 42.1. The summed E-state index contributed by atoms with van der Waals surface area (Å²) in [6.07, 6.45) is 0.123. The van der Waals surface area contributed by atoms with Crippen molar-refractivity contribution in [2.45, 2.75) is 105 Å². The molecule has 2 aromatic carbocycles. The summed E-state index contributed by atoms with van der Waals surface area (Å²) in [5, 5.41) is 15.6. The quantitative estimate of drug-likeness (QED) is 0.0616. The lowest BCUT2D eigenvalue weighted by atomic mass is 10.00. The minimum Gasteiger partial charge on any atom is -0.444 e. The van der Waals surface area contributed by atoms with Gasteiger partial charge in [-0.15, -0.1) is 0 Å². The number of anilines is 1. The number of aliphatic imine (C=N–C) groups is 1. The van der Waals surface area contributed by atoms with Crippen LogP contribution in [0.25, 0.3) is 21.8 Å². The highest BCUT2D eigenvalue weighted by Crippen LogP contribution is 2.31. The topological polar surface area (TPSA) is 224 Å². The number of nitrogens with zero attached hydrogens (tertiary/aromatic N) is 2. The second-order valence-electron chi connectivity index (χ2n) is 14.8. The van der Waals surface area contributed by atoms with Crippen molar-refractivity contribution >= 4 is 63.2 Å². The minimum absolute atomic E-state index is 0.00669. The zero-order valence-electron chi connectivity index (χ0n) is 32.2. The van der Waals surface area contributed by atoms with Gasteiger partial charge in [-0.2, -0.15) is 0 Å². The van der Waals surface area contributed by atoms with E-state index in [0.29, 0.717) is 12.1 Å². The molecule has 3 atom stereocenters. The number of guanidine groups is 1. The van der Waals surface area contributed by atoms with Crippen LogP contribution in [0.15, 0.2) is 47.5 Å². The maximum atomic E-state index is 13.6. The van der Waals surface area contributed by atoms with Crippen molar-refractivity contribution in [2.24, 2.45) is 28.3 Å². The monoisotopic (exact) mass is 735 g/mol. The molecule has 0 unspecified atom stereocenters. The molecule has 3 rings (SSSR count). The lowest BCUT2D eigenvalue weighted by Crippen LogP contribution is -2.57. The maximum Gasteiger partial charge on any atom is 0.408 e. The Morgan fingerprint density at radius 3 is 2.15 bits per heavy atom. The fraction of sp³-hybridized carbons (Fsp3) is 0.526. The van der Waals surface area contributed by atoms with Gasteiger partial charge in [0.05, 0.1) is 6.54 Å². The van der Waals surface area contributed by atoms with Crippen molar-refractivity contribution in [2.75, 3.05) is 18.4 Å². The smallest absolute Gasteiger partial charge is 0.408 e. The highest BCUT2D eigenvalue weighted by molar-refractivity contribution is 6.10. The number of nitrogens with two attached hydrogens (primary N) is 2. The molecule has 1 aromatic heterocycles. The predicted molar refractivity (Wildman–Crippen MR) is 208 cm³/mol. The van der Waals surface area contributed by atoms with Crippen molar-refractivity contribution in [3.8, 4) is 0 Å². The van der Waals surface area contributed by atoms with Crippen LogP contribution >= 0.6 is 0 Å². The summed E-state index contributed by atoms with van der Waals surface area (Å²) in [4.78, 5) is 69.8. The largest absolute Gasteiger partial charge is 0.444 e. The van der Waals surface area contributed by atoms with Gasteiger partial charge in [-0.05, 0) is 83.1 Å². The number of para-hydroxylation sites is 1. The second-order valence-corrected chi connectivity index (χ2v) is 14.8. The second kappa shape index (κ2) is 18.9. The normalized spacial score (nSPS) is 13.2. The number of rotatable bonds is 17. The van der Waals surface area contributed by atoms with Crippen LogP contribution in [0.3, 0.4) is 0 Å². The number of carbonyl (C=O) groups excluding carboxylic acids is 5. The third-order valence-electron chi connectivity index (χ3n) is 8.34. The van der Waals surface area contributed by atoms with E-state index in [-0.39, 0.29) is 37.2 Å². The number of nitrogens with one attached hydrogen (secondary N) is 5. The maximum absolute atomic E-state index is 13.6. The molecule has 0 radical (unpaired) electrons. The molecule has 0 aliphatic heterocycles. The highest BCUT2D eigenvalue weighted by atomic mass is 16.6. The van der Waals surface area contributed by atoms with E-state index >= 15 is 0 Å². The van der Waals surface area contributed by atoms with Gasteiger partial charge in [0.2, 0.25) is 23.6 Å². The molecule has 5 amide bonds. The van der Waals surface area contributed by atoms with Gasteiger partial charge >= 0.3 is 6.09 Å². The number of fused-ring (bicyclic) bond motifs is 3. The first-order valence-electron chi connectivity index (χ1n) is 18.1. The van der Waals surface area contributed by atoms with Gasteiger partial charge in [0.15, 0.2) is 5.96 Å². The van der Waals surface area contributed by atoms with Crippen molar-refractivity contribution < 1.29 is 28.7 Å². The minimum atomic E-state index is -0.996. The molecule has 0 aliphatic carbocycles. The van der Waals surface area contributed by atoms with Crippen LogP contribution in [0.5, 0.6) is 0 Å². The average molecular weight is 736 g/mol. The third-order valence-corrected chi connectivity index (χ3v) is 8.34. The Labute approximate surface area is 311 Å². The first-order valence-corrected chi connectivity index (χ1v) is 18.1. The molecule has 53 heavy (non-hydrogen) atoms. The lowest BCUT2D eigenvalue weighted by Gasteiger charge is -2.27. The molecule has 290 valence electrons. The fourth-order valence-corrected chi connectivity index (χ4v) is 5.94. The number of hydrogen-bond donors (Lipinski definition) is 7. The van der Waals surface area contributed by atoms with Crippen LogP contribution in [0.1, 0.15) is 74.7 Å². The molecule has 0 saturated heterocycles. The Morgan fingerprint density at radius 1 is 0.849 bits per heavy atom. The summed E-state index contributed by atoms with van der Waals surface area (Å²) in [7, 11) is 0. The SMILES string of the molecule is CCn1c2ccccc2c2cc(NC(=O)[C@H](CCCN=C(N)N)NC(=O)CNC(=O)[C@H](CC(C)C)NC(=O)[C@@H](NC(=O)OC(C)(C)C)C(C)C)ccc21. The molecule has 0 spiro atoms. The Hall–Kier alpha value is -5.34. The van der Waals surface area contributed by atoms with Gasteiger partial charge in [0.25, 0.3) is 0 Å². The molecular formula is C38H57N9O6. The molecule has 15 nitrogen and oxygen atoms in total. The number of aromatic nitrogens is 1. The summed E-state index contributed by atoms with van der Waals surface area (Å²) in [6, 6.07) is 10.8. The summed E-state index contributed by atoms with van der Waals surface area (Å²) in [5.74, 6) is -2.60. The summed E-state index contributed by atoms with van der Waals surface area (Å²) >= 11 is 0. The number of alkyl carbamates (subject to hydrolysis) is 1. The highest BCUT2D eigenvalue weighted by Gasteiger charge is 2.31. The van der Waals surface area contributed by atoms with E-state index in [0.717, 1.165) is 28.4 Å². The molecule has 0 saturated carbocycles. The van der Waals surface area contributed by atoms with Crippen LogP contribution in [0.4, 0.5) is 10.5 Å². The lowest BCUT2D eigenvalue weighted by molar-refractivity contribution is -0.132. The molecule has 1 heterocycles. The fourth-order valence-electron chi connectivity index (χ4n) is 5.94. The van der Waals surface area contributed by atoms with Gasteiger partial charge < -0.3 is 47.4 Å². The van der Waals surface area contributed by atoms with Gasteiger partial charge in [0, 0.05) is 40.6 Å². The number of amides is 5. The Bertz CT molecular complexity index is 1790. The Morgan fingerprint density at radius 2 is 1.53 bits per heavy atom. The predicted octanol–water partition coefficient (Wildman–Crippen LogP) is 3.49. The van der Waals surface area contributed by atoms with Crippen molar-refractivity contribution in [1.29, 1.82) is 0 Å². The molecular weight excluding hydrogens is 678 g/mol. The molecule has 9 N–H and O–H groups in total. The van der Waals surface area contributed by atoms with Gasteiger partial charge in [-0.25, -0.2) is 4.79 Å². The number of ether oxygens (including phenoxy) is 1. The van der Waals surface area contributed by atoms with Crippen LogP contribution in [0.2, 0.25) is 0 Å². The number of aryl methyl sites for hydroxylation is 1. The number of hydrogen-bond acceptors (Lipinski definition) is 7. The van der Waals surface area contributed by atoms with E-state index in [1.54, 1.807) is 34.6 Å². The van der Waals surface area contributed by atoms with E-state index < -0.39 is 60.0 Å². The van der Waals surface area contributed by atoms with Gasteiger partial charge in [-0.3, -0.25) is 24.2 Å². The Balaban J connectivity index is 1.71. The molecule has 0 aliphatic rings. The van der Waals surface area contributed by atoms with Crippen molar-refractivity contribution in [3.05, 3.63) is 42.5 Å². The zero-order valence-corrected chi connectivity index (χ0v) is 32.2.